The number of hydrogen-bond donors (Lipinski definition) is 3. The van der Waals surface area contributed by atoms with E-state index < -0.39 is 97.5 Å². The normalized spacial score (nSPS) is 14.7. The van der Waals surface area contributed by atoms with E-state index in [-0.39, 0.29) is 25.7 Å². The van der Waals surface area contributed by atoms with Gasteiger partial charge in [-0.25, -0.2) is 9.13 Å². The van der Waals surface area contributed by atoms with Gasteiger partial charge in [-0.1, -0.05) is 267 Å². The number of esters is 4. The average Bonchev–Trinajstić information content (AvgIpc) is 3.47. The van der Waals surface area contributed by atoms with Gasteiger partial charge in [0.05, 0.1) is 26.4 Å². The van der Waals surface area contributed by atoms with Crippen molar-refractivity contribution < 1.29 is 80.2 Å². The Morgan fingerprint density at radius 2 is 0.607 bits per heavy atom. The third-order valence-corrected chi connectivity index (χ3v) is 17.1. The molecule has 0 saturated carbocycles. The van der Waals surface area contributed by atoms with Crippen LogP contribution in [0.25, 0.3) is 0 Å². The van der Waals surface area contributed by atoms with Crippen LogP contribution in [-0.4, -0.2) is 96.7 Å². The van der Waals surface area contributed by atoms with Crippen molar-refractivity contribution in [2.45, 2.75) is 336 Å². The van der Waals surface area contributed by atoms with E-state index in [1.54, 1.807) is 0 Å². The monoisotopic (exact) mass is 1240 g/mol. The Hall–Kier alpha value is -1.94. The Balaban J connectivity index is 5.20. The number of aliphatic hydroxyl groups excluding tert-OH is 1. The van der Waals surface area contributed by atoms with Gasteiger partial charge in [-0.15, -0.1) is 0 Å². The van der Waals surface area contributed by atoms with Gasteiger partial charge >= 0.3 is 39.5 Å². The minimum atomic E-state index is -4.95. The van der Waals surface area contributed by atoms with Gasteiger partial charge in [0.15, 0.2) is 12.2 Å². The average molecular weight is 1240 g/mol. The first-order chi connectivity index (χ1) is 40.3. The highest BCUT2D eigenvalue weighted by molar-refractivity contribution is 7.47. The maximum Gasteiger partial charge on any atom is 0.472 e. The van der Waals surface area contributed by atoms with E-state index in [1.165, 1.54) is 116 Å². The van der Waals surface area contributed by atoms with E-state index in [0.29, 0.717) is 31.6 Å². The molecule has 0 radical (unpaired) electrons. The van der Waals surface area contributed by atoms with Gasteiger partial charge in [0.25, 0.3) is 0 Å². The van der Waals surface area contributed by atoms with Crippen LogP contribution in [0.4, 0.5) is 0 Å². The number of unbranched alkanes of at least 4 members (excludes halogenated alkanes) is 30. The van der Waals surface area contributed by atoms with Crippen LogP contribution in [0.2, 0.25) is 0 Å². The van der Waals surface area contributed by atoms with Crippen molar-refractivity contribution >= 4 is 39.5 Å². The molecule has 0 heterocycles. The largest absolute Gasteiger partial charge is 0.472 e. The second-order valence-corrected chi connectivity index (χ2v) is 27.6. The van der Waals surface area contributed by atoms with Gasteiger partial charge in [-0.2, -0.15) is 0 Å². The van der Waals surface area contributed by atoms with Gasteiger partial charge in [-0.3, -0.25) is 37.3 Å². The molecule has 17 nitrogen and oxygen atoms in total. The molecular formula is C65H126O17P2. The summed E-state index contributed by atoms with van der Waals surface area (Å²) in [5.41, 5.74) is 0. The number of phosphoric acid groups is 2. The Morgan fingerprint density at radius 1 is 0.345 bits per heavy atom. The van der Waals surface area contributed by atoms with Crippen molar-refractivity contribution in [1.82, 2.24) is 0 Å². The minimum Gasteiger partial charge on any atom is -0.462 e. The standard InChI is InChI=1S/C65H126O17P2/c1-8-10-11-12-13-23-32-39-46-62(67)75-52-61(82-65(70)49-42-35-27-25-30-37-44-57(5)6)55-80-84(73,74)78-51-59(66)50-77-83(71,72)79-54-60(53-76-63(68)47-40-33-28-26-31-38-45-58(7)9-2)81-64(69)48-41-34-24-21-19-17-15-14-16-18-20-22-29-36-43-56(3)4/h56-61,66H,8-55H2,1-7H3,(H,71,72)(H,73,74)/t58?,59-,60-,61-/m1/s1. The number of hydrogen-bond acceptors (Lipinski definition) is 15. The molecule has 19 heteroatoms. The van der Waals surface area contributed by atoms with Crippen LogP contribution in [0, 0.1) is 17.8 Å². The van der Waals surface area contributed by atoms with Crippen molar-refractivity contribution in [3.8, 4) is 0 Å². The molecule has 0 aliphatic heterocycles. The molecule has 3 unspecified atom stereocenters. The summed E-state index contributed by atoms with van der Waals surface area (Å²) in [5.74, 6) is 0.0541. The molecule has 0 fully saturated rings. The van der Waals surface area contributed by atoms with Crippen LogP contribution in [0.5, 0.6) is 0 Å². The molecule has 0 saturated heterocycles. The number of carbonyl (C=O) groups is 4. The lowest BCUT2D eigenvalue weighted by Crippen LogP contribution is -2.30. The van der Waals surface area contributed by atoms with Crippen LogP contribution in [0.1, 0.15) is 318 Å². The lowest BCUT2D eigenvalue weighted by Gasteiger charge is -2.21. The molecule has 0 aliphatic rings. The van der Waals surface area contributed by atoms with Gasteiger partial charge in [-0.05, 0) is 43.4 Å². The van der Waals surface area contributed by atoms with Gasteiger partial charge in [0.2, 0.25) is 0 Å². The number of phosphoric ester groups is 2. The van der Waals surface area contributed by atoms with Gasteiger partial charge in [0, 0.05) is 25.7 Å². The van der Waals surface area contributed by atoms with Gasteiger partial charge in [0.1, 0.15) is 19.3 Å². The maximum atomic E-state index is 13.0. The third kappa shape index (κ3) is 57.8. The zero-order valence-corrected chi connectivity index (χ0v) is 56.1. The highest BCUT2D eigenvalue weighted by Gasteiger charge is 2.30. The first kappa shape index (κ1) is 82.1. The number of aliphatic hydroxyl groups is 1. The zero-order chi connectivity index (χ0) is 62.4. The molecular weight excluding hydrogens is 1110 g/mol. The SMILES string of the molecule is CCCCCCCCCCC(=O)OC[C@H](COP(=O)(O)OC[C@H](O)COP(=O)(O)OC[C@@H](COC(=O)CCCCCCCCC(C)CC)OC(=O)CCCCCCCCCCCCCCCCC(C)C)OC(=O)CCCCCCCCC(C)C. The fraction of sp³-hybridized carbons (Fsp3) is 0.938. The summed E-state index contributed by atoms with van der Waals surface area (Å²) >= 11 is 0. The van der Waals surface area contributed by atoms with Crippen molar-refractivity contribution in [2.24, 2.45) is 17.8 Å². The topological polar surface area (TPSA) is 237 Å². The minimum absolute atomic E-state index is 0.101. The Kier molecular flexibility index (Phi) is 55.0. The van der Waals surface area contributed by atoms with Crippen molar-refractivity contribution in [1.29, 1.82) is 0 Å². The quantitative estimate of drug-likeness (QED) is 0.0222. The molecule has 0 bridgehead atoms. The van der Waals surface area contributed by atoms with Crippen molar-refractivity contribution in [3.05, 3.63) is 0 Å². The molecule has 0 rings (SSSR count). The Labute approximate surface area is 511 Å². The fourth-order valence-corrected chi connectivity index (χ4v) is 11.2. The van der Waals surface area contributed by atoms with E-state index >= 15 is 0 Å². The van der Waals surface area contributed by atoms with E-state index in [1.807, 2.05) is 0 Å². The van der Waals surface area contributed by atoms with Crippen LogP contribution in [0.3, 0.4) is 0 Å². The van der Waals surface area contributed by atoms with Crippen LogP contribution >= 0.6 is 15.6 Å². The summed E-state index contributed by atoms with van der Waals surface area (Å²) in [7, 11) is -9.89. The number of rotatable bonds is 63. The summed E-state index contributed by atoms with van der Waals surface area (Å²) in [6.45, 7) is 11.7. The summed E-state index contributed by atoms with van der Waals surface area (Å²) in [4.78, 5) is 72.1. The van der Waals surface area contributed by atoms with Crippen molar-refractivity contribution in [3.63, 3.8) is 0 Å². The number of ether oxygens (including phenoxy) is 4. The molecule has 498 valence electrons. The predicted molar refractivity (Wildman–Crippen MR) is 335 cm³/mol. The predicted octanol–water partition coefficient (Wildman–Crippen LogP) is 17.9. The summed E-state index contributed by atoms with van der Waals surface area (Å²) < 4.78 is 67.9. The Morgan fingerprint density at radius 3 is 0.905 bits per heavy atom. The first-order valence-corrected chi connectivity index (χ1v) is 36.9. The van der Waals surface area contributed by atoms with Crippen molar-refractivity contribution in [2.75, 3.05) is 39.6 Å². The lowest BCUT2D eigenvalue weighted by atomic mass is 10.00. The van der Waals surface area contributed by atoms with E-state index in [0.717, 1.165) is 115 Å². The molecule has 0 aromatic rings. The second-order valence-electron chi connectivity index (χ2n) is 24.7. The van der Waals surface area contributed by atoms with Crippen LogP contribution < -0.4 is 0 Å². The molecule has 0 aromatic carbocycles. The van der Waals surface area contributed by atoms with E-state index in [4.69, 9.17) is 37.0 Å². The second kappa shape index (κ2) is 56.3. The molecule has 84 heavy (non-hydrogen) atoms. The molecule has 0 aliphatic carbocycles. The lowest BCUT2D eigenvalue weighted by molar-refractivity contribution is -0.161. The van der Waals surface area contributed by atoms with Crippen LogP contribution in [-0.2, 0) is 65.4 Å². The molecule has 0 amide bonds. The smallest absolute Gasteiger partial charge is 0.462 e. The van der Waals surface area contributed by atoms with E-state index in [9.17, 15) is 43.2 Å². The first-order valence-electron chi connectivity index (χ1n) is 33.9. The highest BCUT2D eigenvalue weighted by atomic mass is 31.2. The zero-order valence-electron chi connectivity index (χ0n) is 54.4. The maximum absolute atomic E-state index is 13.0. The fourth-order valence-electron chi connectivity index (χ4n) is 9.62. The van der Waals surface area contributed by atoms with E-state index in [2.05, 4.69) is 48.5 Å². The number of carbonyl (C=O) groups excluding carboxylic acids is 4. The molecule has 6 atom stereocenters. The summed E-state index contributed by atoms with van der Waals surface area (Å²) in [6, 6.07) is 0. The van der Waals surface area contributed by atoms with Crippen LogP contribution in [0.15, 0.2) is 0 Å². The third-order valence-electron chi connectivity index (χ3n) is 15.2. The summed E-state index contributed by atoms with van der Waals surface area (Å²) in [6.07, 6.45) is 37.8. The van der Waals surface area contributed by atoms with Gasteiger partial charge < -0.3 is 33.8 Å². The summed E-state index contributed by atoms with van der Waals surface area (Å²) in [5, 5.41) is 10.5. The Bertz CT molecular complexity index is 1670. The highest BCUT2D eigenvalue weighted by Crippen LogP contribution is 2.45. The molecule has 3 N–H and O–H groups in total. The molecule has 0 spiro atoms. The molecule has 0 aromatic heterocycles.